The molecule has 2 aromatic heterocycles. The third-order valence-corrected chi connectivity index (χ3v) is 1.90. The van der Waals surface area contributed by atoms with Crippen LogP contribution < -0.4 is 5.32 Å². The van der Waals surface area contributed by atoms with Crippen molar-refractivity contribution in [3.05, 3.63) is 36.3 Å². The second kappa shape index (κ2) is 4.05. The zero-order valence-electron chi connectivity index (χ0n) is 8.38. The predicted octanol–water partition coefficient (Wildman–Crippen LogP) is 0.161. The average molecular weight is 221 g/mol. The number of hydrogen-bond acceptors (Lipinski definition) is 4. The van der Waals surface area contributed by atoms with Crippen LogP contribution in [0.3, 0.4) is 0 Å². The first-order valence-electron chi connectivity index (χ1n) is 4.46. The molecule has 2 heterocycles. The summed E-state index contributed by atoms with van der Waals surface area (Å²) in [5, 5.41) is 6.38. The molecule has 0 aliphatic rings. The van der Waals surface area contributed by atoms with Crippen LogP contribution in [0.2, 0.25) is 0 Å². The molecular formula is C9H8FN5O. The second-order valence-electron chi connectivity index (χ2n) is 2.92. The summed E-state index contributed by atoms with van der Waals surface area (Å²) in [4.78, 5) is 18.4. The second-order valence-corrected chi connectivity index (χ2v) is 2.92. The SMILES string of the molecule is CNC(=O)c1ccn(-c2cc(F)ncn2)n1. The van der Waals surface area contributed by atoms with Gasteiger partial charge in [0.2, 0.25) is 5.95 Å². The summed E-state index contributed by atoms with van der Waals surface area (Å²) >= 11 is 0. The summed E-state index contributed by atoms with van der Waals surface area (Å²) in [5.74, 6) is -0.696. The van der Waals surface area contributed by atoms with Gasteiger partial charge >= 0.3 is 0 Å². The van der Waals surface area contributed by atoms with Crippen LogP contribution in [0.25, 0.3) is 5.82 Å². The van der Waals surface area contributed by atoms with Crippen molar-refractivity contribution < 1.29 is 9.18 Å². The molecule has 0 saturated carbocycles. The van der Waals surface area contributed by atoms with Gasteiger partial charge in [-0.3, -0.25) is 4.79 Å². The van der Waals surface area contributed by atoms with Gasteiger partial charge in [0.15, 0.2) is 11.5 Å². The number of nitrogens with one attached hydrogen (secondary N) is 1. The van der Waals surface area contributed by atoms with E-state index in [4.69, 9.17) is 0 Å². The quantitative estimate of drug-likeness (QED) is 0.733. The van der Waals surface area contributed by atoms with E-state index in [1.165, 1.54) is 24.0 Å². The number of nitrogens with zero attached hydrogens (tertiary/aromatic N) is 4. The third-order valence-electron chi connectivity index (χ3n) is 1.90. The van der Waals surface area contributed by atoms with E-state index in [2.05, 4.69) is 20.4 Å². The van der Waals surface area contributed by atoms with Gasteiger partial charge in [-0.25, -0.2) is 14.6 Å². The summed E-state index contributed by atoms with van der Waals surface area (Å²) in [6.45, 7) is 0. The van der Waals surface area contributed by atoms with Gasteiger partial charge in [0.1, 0.15) is 6.33 Å². The molecule has 0 atom stereocenters. The summed E-state index contributed by atoms with van der Waals surface area (Å²) in [6.07, 6.45) is 2.61. The van der Waals surface area contributed by atoms with E-state index in [1.807, 2.05) is 0 Å². The van der Waals surface area contributed by atoms with Crippen molar-refractivity contribution in [2.24, 2.45) is 0 Å². The maximum Gasteiger partial charge on any atom is 0.271 e. The molecule has 0 unspecified atom stereocenters. The Labute approximate surface area is 90.1 Å². The van der Waals surface area contributed by atoms with Crippen LogP contribution in [0.1, 0.15) is 10.5 Å². The van der Waals surface area contributed by atoms with Crippen LogP contribution in [0.15, 0.2) is 24.7 Å². The third kappa shape index (κ3) is 1.88. The number of hydrogen-bond donors (Lipinski definition) is 1. The van der Waals surface area contributed by atoms with Crippen LogP contribution in [-0.2, 0) is 0 Å². The number of aromatic nitrogens is 4. The number of carbonyl (C=O) groups is 1. The zero-order chi connectivity index (χ0) is 11.5. The van der Waals surface area contributed by atoms with E-state index >= 15 is 0 Å². The van der Waals surface area contributed by atoms with E-state index in [1.54, 1.807) is 0 Å². The van der Waals surface area contributed by atoms with Crippen molar-refractivity contribution in [3.63, 3.8) is 0 Å². The van der Waals surface area contributed by atoms with Crippen molar-refractivity contribution >= 4 is 5.91 Å². The molecule has 2 aromatic rings. The van der Waals surface area contributed by atoms with E-state index < -0.39 is 5.95 Å². The number of amides is 1. The lowest BCUT2D eigenvalue weighted by Crippen LogP contribution is -2.18. The van der Waals surface area contributed by atoms with Gasteiger partial charge in [0.25, 0.3) is 5.91 Å². The molecular weight excluding hydrogens is 213 g/mol. The zero-order valence-corrected chi connectivity index (χ0v) is 8.38. The van der Waals surface area contributed by atoms with Gasteiger partial charge in [-0.2, -0.15) is 9.49 Å². The van der Waals surface area contributed by atoms with Gasteiger partial charge in [-0.15, -0.1) is 0 Å². The first-order chi connectivity index (χ1) is 7.70. The van der Waals surface area contributed by atoms with Crippen LogP contribution in [-0.4, -0.2) is 32.7 Å². The van der Waals surface area contributed by atoms with Gasteiger partial charge in [-0.1, -0.05) is 0 Å². The van der Waals surface area contributed by atoms with E-state index in [-0.39, 0.29) is 17.4 Å². The Morgan fingerprint density at radius 3 is 3.00 bits per heavy atom. The fourth-order valence-corrected chi connectivity index (χ4v) is 1.15. The smallest absolute Gasteiger partial charge is 0.271 e. The minimum Gasteiger partial charge on any atom is -0.354 e. The molecule has 0 saturated heterocycles. The molecule has 0 aliphatic heterocycles. The highest BCUT2D eigenvalue weighted by Gasteiger charge is 2.08. The van der Waals surface area contributed by atoms with E-state index in [0.29, 0.717) is 0 Å². The van der Waals surface area contributed by atoms with E-state index in [9.17, 15) is 9.18 Å². The maximum atomic E-state index is 12.8. The Morgan fingerprint density at radius 2 is 2.31 bits per heavy atom. The molecule has 1 amide bonds. The number of halogens is 1. The molecule has 82 valence electrons. The fourth-order valence-electron chi connectivity index (χ4n) is 1.15. The standard InChI is InChI=1S/C9H8FN5O/c1-11-9(16)6-2-3-15(14-6)8-4-7(10)12-5-13-8/h2-5H,1H3,(H,11,16). The highest BCUT2D eigenvalue weighted by atomic mass is 19.1. The summed E-state index contributed by atoms with van der Waals surface area (Å²) < 4.78 is 14.1. The molecule has 16 heavy (non-hydrogen) atoms. The van der Waals surface area contributed by atoms with Gasteiger partial charge < -0.3 is 5.32 Å². The number of carbonyl (C=O) groups excluding carboxylic acids is 1. The van der Waals surface area contributed by atoms with Gasteiger partial charge in [0, 0.05) is 19.3 Å². The van der Waals surface area contributed by atoms with Crippen LogP contribution >= 0.6 is 0 Å². The van der Waals surface area contributed by atoms with Crippen molar-refractivity contribution in [3.8, 4) is 5.82 Å². The average Bonchev–Trinajstić information content (AvgIpc) is 2.77. The molecule has 0 bridgehead atoms. The Balaban J connectivity index is 2.35. The lowest BCUT2D eigenvalue weighted by atomic mass is 10.4. The first kappa shape index (κ1) is 10.2. The Hall–Kier alpha value is -2.31. The monoisotopic (exact) mass is 221 g/mol. The largest absolute Gasteiger partial charge is 0.354 e. The summed E-state index contributed by atoms with van der Waals surface area (Å²) in [7, 11) is 1.51. The summed E-state index contributed by atoms with van der Waals surface area (Å²) in [6, 6.07) is 2.64. The Morgan fingerprint density at radius 1 is 1.50 bits per heavy atom. The van der Waals surface area contributed by atoms with Crippen molar-refractivity contribution in [1.29, 1.82) is 0 Å². The first-order valence-corrected chi connectivity index (χ1v) is 4.46. The molecule has 0 radical (unpaired) electrons. The molecule has 0 aliphatic carbocycles. The van der Waals surface area contributed by atoms with Crippen LogP contribution in [0.4, 0.5) is 4.39 Å². The topological polar surface area (TPSA) is 72.7 Å². The molecule has 2 rings (SSSR count). The van der Waals surface area contributed by atoms with E-state index in [0.717, 1.165) is 12.4 Å². The lowest BCUT2D eigenvalue weighted by Gasteiger charge is -1.98. The lowest BCUT2D eigenvalue weighted by molar-refractivity contribution is 0.0957. The molecule has 0 fully saturated rings. The molecule has 7 heteroatoms. The molecule has 6 nitrogen and oxygen atoms in total. The summed E-state index contributed by atoms with van der Waals surface area (Å²) in [5.41, 5.74) is 0.238. The molecule has 1 N–H and O–H groups in total. The Kier molecular flexibility index (Phi) is 2.59. The van der Waals surface area contributed by atoms with Gasteiger partial charge in [0.05, 0.1) is 0 Å². The highest BCUT2D eigenvalue weighted by molar-refractivity contribution is 5.91. The minimum absolute atomic E-state index is 0.238. The number of rotatable bonds is 2. The molecule has 0 aromatic carbocycles. The maximum absolute atomic E-state index is 12.8. The normalized spacial score (nSPS) is 10.1. The van der Waals surface area contributed by atoms with Crippen molar-refractivity contribution in [2.75, 3.05) is 7.05 Å². The highest BCUT2D eigenvalue weighted by Crippen LogP contribution is 2.04. The minimum atomic E-state index is -0.651. The predicted molar refractivity (Wildman–Crippen MR) is 52.5 cm³/mol. The van der Waals surface area contributed by atoms with Crippen LogP contribution in [0.5, 0.6) is 0 Å². The van der Waals surface area contributed by atoms with Crippen molar-refractivity contribution in [1.82, 2.24) is 25.1 Å². The fraction of sp³-hybridized carbons (Fsp3) is 0.111. The van der Waals surface area contributed by atoms with Gasteiger partial charge in [-0.05, 0) is 6.07 Å². The molecule has 0 spiro atoms. The Bertz CT molecular complexity index is 524. The van der Waals surface area contributed by atoms with Crippen molar-refractivity contribution in [2.45, 2.75) is 0 Å². The van der Waals surface area contributed by atoms with Crippen LogP contribution in [0, 0.1) is 5.95 Å².